The number of hydrogen-bond acceptors (Lipinski definition) is 8. The van der Waals surface area contributed by atoms with Gasteiger partial charge < -0.3 is 32.7 Å². The standard InChI is InChI=1S/C52H48N10O2/c1-31-23-43-47(27-39(31)53)61(37-11-7-5-8-12-37)49-29-41(33(3)25-45(49)59-43)55-19-21-57-51(63)35-15-17-36(18-16-35)52(64)58-22-20-56-42-30-50-46(26-34(42)4)60-44-24-32(2)40(54)28-48(44)62(50)38-13-9-6-10-14-38/h5-18,23-30H,19-22H2,1-4H3,(H6,53,54,55,56,57,58,63,64)/p+2. The number of carbonyl (C=O) groups is 2. The molecule has 2 amide bonds. The molecule has 0 atom stereocenters. The van der Waals surface area contributed by atoms with Crippen molar-refractivity contribution in [2.45, 2.75) is 27.7 Å². The van der Waals surface area contributed by atoms with Crippen LogP contribution in [0.1, 0.15) is 43.0 Å². The van der Waals surface area contributed by atoms with Crippen molar-refractivity contribution in [3.63, 3.8) is 0 Å². The summed E-state index contributed by atoms with van der Waals surface area (Å²) in [6.07, 6.45) is 0. The van der Waals surface area contributed by atoms with Gasteiger partial charge in [0.1, 0.15) is 22.1 Å². The van der Waals surface area contributed by atoms with Crippen LogP contribution < -0.4 is 41.9 Å². The number of amides is 2. The lowest BCUT2D eigenvalue weighted by Gasteiger charge is -2.13. The summed E-state index contributed by atoms with van der Waals surface area (Å²) in [7, 11) is 0. The summed E-state index contributed by atoms with van der Waals surface area (Å²) in [5.74, 6) is -0.445. The number of aromatic nitrogens is 4. The predicted octanol–water partition coefficient (Wildman–Crippen LogP) is 7.72. The Morgan fingerprint density at radius 2 is 0.797 bits per heavy atom. The van der Waals surface area contributed by atoms with Crippen molar-refractivity contribution in [2.75, 3.05) is 48.3 Å². The summed E-state index contributed by atoms with van der Waals surface area (Å²) in [5.41, 5.74) is 30.2. The van der Waals surface area contributed by atoms with Crippen molar-refractivity contribution in [3.05, 3.63) is 167 Å². The molecule has 0 radical (unpaired) electrons. The Bertz CT molecular complexity index is 3050. The third-order valence-corrected chi connectivity index (χ3v) is 11.7. The monoisotopic (exact) mass is 846 g/mol. The summed E-state index contributed by atoms with van der Waals surface area (Å²) in [6, 6.07) is 43.4. The van der Waals surface area contributed by atoms with Crippen LogP contribution in [0.2, 0.25) is 0 Å². The van der Waals surface area contributed by atoms with E-state index in [9.17, 15) is 9.59 Å². The maximum Gasteiger partial charge on any atom is 0.251 e. The molecule has 0 aliphatic carbocycles. The Morgan fingerprint density at radius 1 is 0.453 bits per heavy atom. The highest BCUT2D eigenvalue weighted by Gasteiger charge is 2.24. The topological polar surface area (TPSA) is 168 Å². The summed E-state index contributed by atoms with van der Waals surface area (Å²) in [5, 5.41) is 13.0. The predicted molar refractivity (Wildman–Crippen MR) is 257 cm³/mol. The van der Waals surface area contributed by atoms with Gasteiger partial charge in [0.05, 0.1) is 0 Å². The van der Waals surface area contributed by atoms with E-state index in [1.54, 1.807) is 24.3 Å². The number of nitrogens with zero attached hydrogens (tertiary/aromatic N) is 4. The van der Waals surface area contributed by atoms with Crippen LogP contribution in [-0.4, -0.2) is 48.0 Å². The molecule has 9 rings (SSSR count). The summed E-state index contributed by atoms with van der Waals surface area (Å²) < 4.78 is 4.37. The van der Waals surface area contributed by atoms with Gasteiger partial charge >= 0.3 is 0 Å². The molecule has 0 aliphatic rings. The van der Waals surface area contributed by atoms with Crippen LogP contribution in [0, 0.1) is 27.7 Å². The van der Waals surface area contributed by atoms with Gasteiger partial charge in [-0.15, -0.1) is 9.13 Å². The quantitative estimate of drug-likeness (QED) is 0.0315. The van der Waals surface area contributed by atoms with Crippen molar-refractivity contribution in [1.29, 1.82) is 0 Å². The van der Waals surface area contributed by atoms with Crippen LogP contribution >= 0.6 is 0 Å². The van der Waals surface area contributed by atoms with Gasteiger partial charge in [-0.25, -0.2) is 9.97 Å². The fourth-order valence-corrected chi connectivity index (χ4v) is 8.17. The van der Waals surface area contributed by atoms with Gasteiger partial charge in [-0.2, -0.15) is 0 Å². The van der Waals surface area contributed by atoms with Crippen LogP contribution in [0.3, 0.4) is 0 Å². The number of rotatable bonds is 12. The van der Waals surface area contributed by atoms with Gasteiger partial charge in [-0.1, -0.05) is 36.4 Å². The number of aryl methyl sites for hydroxylation is 4. The van der Waals surface area contributed by atoms with Gasteiger partial charge in [0.15, 0.2) is 0 Å². The smallest absolute Gasteiger partial charge is 0.251 e. The molecule has 0 spiro atoms. The molecule has 12 heteroatoms. The average molecular weight is 847 g/mol. The maximum atomic E-state index is 13.1. The number of anilines is 4. The molecule has 318 valence electrons. The minimum atomic E-state index is -0.222. The second-order valence-electron chi connectivity index (χ2n) is 16.2. The molecular weight excluding hydrogens is 797 g/mol. The largest absolute Gasteiger partial charge is 0.398 e. The Labute approximate surface area is 371 Å². The average Bonchev–Trinajstić information content (AvgIpc) is 3.29. The number of hydrogen-bond donors (Lipinski definition) is 6. The molecule has 12 nitrogen and oxygen atoms in total. The second-order valence-corrected chi connectivity index (χ2v) is 16.2. The van der Waals surface area contributed by atoms with Gasteiger partial charge in [0, 0.05) is 109 Å². The third-order valence-electron chi connectivity index (χ3n) is 11.7. The molecule has 0 unspecified atom stereocenters. The van der Waals surface area contributed by atoms with Crippen LogP contribution in [0.15, 0.2) is 133 Å². The van der Waals surface area contributed by atoms with E-state index in [4.69, 9.17) is 21.4 Å². The molecule has 0 saturated carbocycles. The van der Waals surface area contributed by atoms with E-state index in [2.05, 4.69) is 78.9 Å². The first-order valence-corrected chi connectivity index (χ1v) is 21.4. The Hall–Kier alpha value is -8.12. The van der Waals surface area contributed by atoms with Gasteiger partial charge in [-0.05, 0) is 98.5 Å². The number of para-hydroxylation sites is 2. The molecule has 64 heavy (non-hydrogen) atoms. The van der Waals surface area contributed by atoms with Gasteiger partial charge in [0.25, 0.3) is 11.8 Å². The fourth-order valence-electron chi connectivity index (χ4n) is 8.17. The minimum Gasteiger partial charge on any atom is -0.398 e. The molecular formula is C52H50N10O2+2. The van der Waals surface area contributed by atoms with Crippen molar-refractivity contribution < 1.29 is 18.7 Å². The van der Waals surface area contributed by atoms with Crippen LogP contribution in [-0.2, 0) is 0 Å². The Morgan fingerprint density at radius 3 is 1.17 bits per heavy atom. The van der Waals surface area contributed by atoms with Gasteiger partial charge in [0.2, 0.25) is 33.4 Å². The van der Waals surface area contributed by atoms with Crippen LogP contribution in [0.25, 0.3) is 55.5 Å². The van der Waals surface area contributed by atoms with Gasteiger partial charge in [-0.3, -0.25) is 9.59 Å². The van der Waals surface area contributed by atoms with E-state index in [-0.39, 0.29) is 11.8 Å². The normalized spacial score (nSPS) is 11.3. The molecule has 2 aromatic heterocycles. The molecule has 2 heterocycles. The Kier molecular flexibility index (Phi) is 11.2. The van der Waals surface area contributed by atoms with Crippen LogP contribution in [0.4, 0.5) is 22.7 Å². The number of fused-ring (bicyclic) bond motifs is 4. The molecule has 0 saturated heterocycles. The summed E-state index contributed by atoms with van der Waals surface area (Å²) >= 11 is 0. The number of carbonyl (C=O) groups excluding carboxylic acids is 2. The van der Waals surface area contributed by atoms with E-state index >= 15 is 0 Å². The highest BCUT2D eigenvalue weighted by Crippen LogP contribution is 2.28. The lowest BCUT2D eigenvalue weighted by Crippen LogP contribution is -2.33. The van der Waals surface area contributed by atoms with E-state index < -0.39 is 0 Å². The molecule has 0 bridgehead atoms. The summed E-state index contributed by atoms with van der Waals surface area (Å²) in [4.78, 5) is 36.3. The lowest BCUT2D eigenvalue weighted by molar-refractivity contribution is -0.538. The molecule has 8 N–H and O–H groups in total. The zero-order valence-electron chi connectivity index (χ0n) is 36.3. The zero-order valence-corrected chi connectivity index (χ0v) is 36.3. The number of benzene rings is 7. The lowest BCUT2D eigenvalue weighted by atomic mass is 10.1. The first-order valence-electron chi connectivity index (χ1n) is 21.4. The molecule has 0 fully saturated rings. The summed E-state index contributed by atoms with van der Waals surface area (Å²) in [6.45, 7) is 9.86. The second kappa shape index (κ2) is 17.3. The number of nitrogens with one attached hydrogen (secondary N) is 4. The molecule has 0 aliphatic heterocycles. The van der Waals surface area contributed by atoms with Crippen molar-refractivity contribution >= 4 is 78.7 Å². The molecule has 7 aromatic carbocycles. The van der Waals surface area contributed by atoms with Crippen molar-refractivity contribution in [3.8, 4) is 11.4 Å². The Balaban J connectivity index is 0.812. The third kappa shape index (κ3) is 8.16. The van der Waals surface area contributed by atoms with Crippen molar-refractivity contribution in [1.82, 2.24) is 20.6 Å². The van der Waals surface area contributed by atoms with Crippen LogP contribution in [0.5, 0.6) is 0 Å². The van der Waals surface area contributed by atoms with E-state index in [0.29, 0.717) is 48.7 Å². The minimum absolute atomic E-state index is 0.222. The maximum absolute atomic E-state index is 13.1. The highest BCUT2D eigenvalue weighted by molar-refractivity contribution is 5.98. The van der Waals surface area contributed by atoms with E-state index in [1.165, 1.54) is 0 Å². The number of nitrogens with two attached hydrogens (primary N) is 2. The SMILES string of the molecule is Cc1cc2nc3cc(C)c(NCCNC(=O)c4ccc(C(=O)NCCNc5cc6c(cc5C)nc5cc(C)c(N)cc5[n+]6-c5ccccc5)cc4)cc3[n+](-c3ccccc3)c2cc1N. The number of nitrogen functional groups attached to an aromatic ring is 2. The first-order chi connectivity index (χ1) is 31.0. The first kappa shape index (κ1) is 41.2. The fraction of sp³-hybridized carbons (Fsp3) is 0.154. The van der Waals surface area contributed by atoms with E-state index in [0.717, 1.165) is 89.1 Å². The zero-order chi connectivity index (χ0) is 44.5. The highest BCUT2D eigenvalue weighted by atomic mass is 16.2. The van der Waals surface area contributed by atoms with Crippen molar-refractivity contribution in [2.24, 2.45) is 0 Å². The molecule has 9 aromatic rings. The van der Waals surface area contributed by atoms with E-state index in [1.807, 2.05) is 88.4 Å².